The molecule has 1 aromatic carbocycles. The summed E-state index contributed by atoms with van der Waals surface area (Å²) in [6, 6.07) is 11.1. The second kappa shape index (κ2) is 8.15. The normalized spacial score (nSPS) is 19.3. The van der Waals surface area contributed by atoms with Gasteiger partial charge in [-0.25, -0.2) is 0 Å². The zero-order chi connectivity index (χ0) is 20.2. The van der Waals surface area contributed by atoms with Crippen molar-refractivity contribution in [2.75, 3.05) is 12.4 Å². The van der Waals surface area contributed by atoms with Crippen LogP contribution in [0.2, 0.25) is 0 Å². The van der Waals surface area contributed by atoms with E-state index in [4.69, 9.17) is 4.74 Å². The molecule has 2 N–H and O–H groups in total. The Labute approximate surface area is 162 Å². The molecule has 140 valence electrons. The molecule has 0 spiro atoms. The van der Waals surface area contributed by atoms with Gasteiger partial charge in [0.05, 0.1) is 40.8 Å². The third-order valence-electron chi connectivity index (χ3n) is 4.36. The van der Waals surface area contributed by atoms with Crippen LogP contribution in [0, 0.1) is 34.0 Å². The number of rotatable bonds is 5. The molecule has 0 saturated carbocycles. The number of nitrogens with zero attached hydrogens (tertiary/aromatic N) is 2. The molecule has 2 amide bonds. The van der Waals surface area contributed by atoms with Gasteiger partial charge in [0, 0.05) is 5.41 Å². The van der Waals surface area contributed by atoms with Crippen molar-refractivity contribution in [2.24, 2.45) is 11.3 Å². The smallest absolute Gasteiger partial charge is 0.243 e. The maximum atomic E-state index is 12.6. The minimum atomic E-state index is -0.964. The van der Waals surface area contributed by atoms with Gasteiger partial charge in [0.2, 0.25) is 11.8 Å². The first-order valence-corrected chi connectivity index (χ1v) is 9.10. The second-order valence-corrected chi connectivity index (χ2v) is 7.89. The Morgan fingerprint density at radius 2 is 2.04 bits per heavy atom. The van der Waals surface area contributed by atoms with Crippen LogP contribution in [0.4, 0.5) is 5.69 Å². The van der Waals surface area contributed by atoms with Gasteiger partial charge in [-0.15, -0.1) is 0 Å². The Kier molecular flexibility index (Phi) is 6.14. The Morgan fingerprint density at radius 1 is 1.37 bits per heavy atom. The quantitative estimate of drug-likeness (QED) is 0.807. The zero-order valence-corrected chi connectivity index (χ0v) is 16.3. The highest BCUT2D eigenvalue weighted by Gasteiger charge is 2.45. The molecule has 1 aliphatic rings. The lowest BCUT2D eigenvalue weighted by molar-refractivity contribution is -0.125. The lowest BCUT2D eigenvalue weighted by Crippen LogP contribution is -2.45. The maximum absolute atomic E-state index is 12.6. The molecule has 1 aromatic rings. The molecule has 8 heteroatoms. The third kappa shape index (κ3) is 4.07. The summed E-state index contributed by atoms with van der Waals surface area (Å²) in [4.78, 5) is 24.8. The predicted molar refractivity (Wildman–Crippen MR) is 102 cm³/mol. The number of carbonyl (C=O) groups excluding carboxylic acids is 2. The summed E-state index contributed by atoms with van der Waals surface area (Å²) < 4.78 is 5.21. The number of methoxy groups -OCH3 is 1. The van der Waals surface area contributed by atoms with Gasteiger partial charge in [0.1, 0.15) is 11.7 Å². The van der Waals surface area contributed by atoms with Gasteiger partial charge in [0.25, 0.3) is 0 Å². The minimum absolute atomic E-state index is 0.288. The molecule has 0 saturated heterocycles. The molecule has 0 radical (unpaired) electrons. The first-order valence-electron chi connectivity index (χ1n) is 8.22. The van der Waals surface area contributed by atoms with Crippen LogP contribution in [0.15, 0.2) is 34.9 Å². The fraction of sp³-hybridized carbons (Fsp3) is 0.368. The predicted octanol–water partition coefficient (Wildman–Crippen LogP) is 2.79. The van der Waals surface area contributed by atoms with Crippen molar-refractivity contribution in [2.45, 2.75) is 26.0 Å². The molecule has 2 atom stereocenters. The highest BCUT2D eigenvalue weighted by atomic mass is 32.2. The Balaban J connectivity index is 2.23. The number of hydrogen-bond donors (Lipinski definition) is 2. The van der Waals surface area contributed by atoms with E-state index in [9.17, 15) is 20.1 Å². The third-order valence-corrected chi connectivity index (χ3v) is 5.47. The van der Waals surface area contributed by atoms with Crippen LogP contribution in [0.5, 0.6) is 5.75 Å². The monoisotopic (exact) mass is 384 g/mol. The van der Waals surface area contributed by atoms with Crippen molar-refractivity contribution in [1.29, 1.82) is 10.5 Å². The Hall–Kier alpha value is -2.97. The molecule has 1 aliphatic heterocycles. The Bertz CT molecular complexity index is 880. The maximum Gasteiger partial charge on any atom is 0.243 e. The van der Waals surface area contributed by atoms with Gasteiger partial charge < -0.3 is 15.4 Å². The van der Waals surface area contributed by atoms with Crippen molar-refractivity contribution < 1.29 is 14.3 Å². The molecular weight excluding hydrogens is 364 g/mol. The second-order valence-electron chi connectivity index (χ2n) is 6.54. The van der Waals surface area contributed by atoms with E-state index in [0.717, 1.165) is 11.8 Å². The van der Waals surface area contributed by atoms with Crippen LogP contribution in [0.1, 0.15) is 20.8 Å². The molecule has 0 unspecified atom stereocenters. The summed E-state index contributed by atoms with van der Waals surface area (Å²) in [6.07, 6.45) is 0. The number of benzene rings is 1. The molecule has 0 fully saturated rings. The van der Waals surface area contributed by atoms with Crippen molar-refractivity contribution in [3.8, 4) is 17.9 Å². The number of hydrogen-bond acceptors (Lipinski definition) is 6. The topological polar surface area (TPSA) is 115 Å². The number of thioether (sulfide) groups is 1. The van der Waals surface area contributed by atoms with E-state index in [1.54, 1.807) is 45.0 Å². The van der Waals surface area contributed by atoms with Crippen LogP contribution < -0.4 is 15.4 Å². The molecule has 1 heterocycles. The van der Waals surface area contributed by atoms with Gasteiger partial charge >= 0.3 is 0 Å². The number of ether oxygens (including phenoxy) is 1. The van der Waals surface area contributed by atoms with E-state index in [1.165, 1.54) is 7.11 Å². The first-order chi connectivity index (χ1) is 12.8. The lowest BCUT2D eigenvalue weighted by Gasteiger charge is -2.35. The van der Waals surface area contributed by atoms with Crippen LogP contribution in [-0.4, -0.2) is 24.2 Å². The molecule has 27 heavy (non-hydrogen) atoms. The van der Waals surface area contributed by atoms with Gasteiger partial charge in [-0.2, -0.15) is 10.5 Å². The van der Waals surface area contributed by atoms with Crippen molar-refractivity contribution in [3.63, 3.8) is 0 Å². The van der Waals surface area contributed by atoms with Crippen molar-refractivity contribution in [1.82, 2.24) is 5.32 Å². The van der Waals surface area contributed by atoms with Crippen molar-refractivity contribution >= 4 is 29.3 Å². The minimum Gasteiger partial charge on any atom is -0.495 e. The SMILES string of the molecule is COc1ccccc1NC(=O)[C@H](C)SC1=C(C#N)C(C)(C)[C@H](C#N)C(=O)N1. The van der Waals surface area contributed by atoms with Crippen LogP contribution in [0.3, 0.4) is 0 Å². The average Bonchev–Trinajstić information content (AvgIpc) is 2.61. The number of anilines is 1. The summed E-state index contributed by atoms with van der Waals surface area (Å²) in [5, 5.41) is 23.9. The molecular formula is C19H20N4O3S. The van der Waals surface area contributed by atoms with E-state index < -0.39 is 22.5 Å². The van der Waals surface area contributed by atoms with Crippen LogP contribution in [0.25, 0.3) is 0 Å². The molecule has 0 bridgehead atoms. The van der Waals surface area contributed by atoms with Gasteiger partial charge in [-0.05, 0) is 19.1 Å². The van der Waals surface area contributed by atoms with Gasteiger partial charge in [0.15, 0.2) is 0 Å². The number of carbonyl (C=O) groups is 2. The van der Waals surface area contributed by atoms with E-state index in [2.05, 4.69) is 16.7 Å². The number of para-hydroxylation sites is 2. The zero-order valence-electron chi connectivity index (χ0n) is 15.5. The molecule has 0 aromatic heterocycles. The van der Waals surface area contributed by atoms with E-state index in [0.29, 0.717) is 16.5 Å². The van der Waals surface area contributed by atoms with E-state index in [1.807, 2.05) is 6.07 Å². The number of nitriles is 2. The Morgan fingerprint density at radius 3 is 2.63 bits per heavy atom. The number of allylic oxidation sites excluding steroid dienone is 1. The van der Waals surface area contributed by atoms with Crippen LogP contribution >= 0.6 is 11.8 Å². The standard InChI is InChI=1S/C19H20N4O3S/c1-11(16(24)22-14-7-5-6-8-15(14)26-4)27-18-13(10-21)19(2,3)12(9-20)17(25)23-18/h5-8,11-12H,1-4H3,(H,22,24)(H,23,25)/t11-,12+/m0/s1. The fourth-order valence-electron chi connectivity index (χ4n) is 2.73. The fourth-order valence-corrected chi connectivity index (χ4v) is 3.83. The molecule has 2 rings (SSSR count). The molecule has 0 aliphatic carbocycles. The van der Waals surface area contributed by atoms with E-state index in [-0.39, 0.29) is 11.5 Å². The highest BCUT2D eigenvalue weighted by molar-refractivity contribution is 8.04. The van der Waals surface area contributed by atoms with Crippen molar-refractivity contribution in [3.05, 3.63) is 34.9 Å². The van der Waals surface area contributed by atoms with Gasteiger partial charge in [-0.3, -0.25) is 9.59 Å². The molecule has 7 nitrogen and oxygen atoms in total. The summed E-state index contributed by atoms with van der Waals surface area (Å²) >= 11 is 1.08. The first kappa shape index (κ1) is 20.3. The summed E-state index contributed by atoms with van der Waals surface area (Å²) in [7, 11) is 1.51. The summed E-state index contributed by atoms with van der Waals surface area (Å²) in [5.74, 6) is -1.21. The highest BCUT2D eigenvalue weighted by Crippen LogP contribution is 2.42. The summed E-state index contributed by atoms with van der Waals surface area (Å²) in [5.41, 5.74) is -0.118. The average molecular weight is 384 g/mol. The van der Waals surface area contributed by atoms with Gasteiger partial charge in [-0.1, -0.05) is 37.7 Å². The number of nitrogens with one attached hydrogen (secondary N) is 2. The number of amides is 2. The summed E-state index contributed by atoms with van der Waals surface area (Å²) in [6.45, 7) is 5.03. The van der Waals surface area contributed by atoms with Crippen LogP contribution in [-0.2, 0) is 9.59 Å². The van der Waals surface area contributed by atoms with E-state index >= 15 is 0 Å². The lowest BCUT2D eigenvalue weighted by atomic mass is 9.72. The largest absolute Gasteiger partial charge is 0.495 e.